The van der Waals surface area contributed by atoms with Crippen LogP contribution in [-0.4, -0.2) is 15.7 Å². The molecule has 0 radical (unpaired) electrons. The summed E-state index contributed by atoms with van der Waals surface area (Å²) in [5, 5.41) is 6.40. The van der Waals surface area contributed by atoms with E-state index in [1.54, 1.807) is 23.1 Å². The summed E-state index contributed by atoms with van der Waals surface area (Å²) in [7, 11) is 0. The number of halogens is 4. The number of carbonyl (C=O) groups is 1. The number of anilines is 1. The van der Waals surface area contributed by atoms with Gasteiger partial charge in [0.2, 0.25) is 5.91 Å². The van der Waals surface area contributed by atoms with Crippen LogP contribution in [0.4, 0.5) is 18.9 Å². The number of hydrogen-bond donors (Lipinski definition) is 1. The highest BCUT2D eigenvalue weighted by atomic mass is 79.9. The molecular formula is C13H11BrF3N3O. The fourth-order valence-corrected chi connectivity index (χ4v) is 2.00. The minimum atomic E-state index is -4.45. The highest BCUT2D eigenvalue weighted by molar-refractivity contribution is 9.10. The Kier molecular flexibility index (Phi) is 4.66. The van der Waals surface area contributed by atoms with E-state index in [0.29, 0.717) is 11.0 Å². The van der Waals surface area contributed by atoms with Crippen LogP contribution in [0.2, 0.25) is 0 Å². The lowest BCUT2D eigenvalue weighted by Crippen LogP contribution is -2.16. The fourth-order valence-electron chi connectivity index (χ4n) is 1.66. The average Bonchev–Trinajstić information content (AvgIpc) is 2.91. The van der Waals surface area contributed by atoms with Gasteiger partial charge in [-0.15, -0.1) is 0 Å². The Labute approximate surface area is 127 Å². The third kappa shape index (κ3) is 4.32. The monoisotopic (exact) mass is 361 g/mol. The largest absolute Gasteiger partial charge is 0.416 e. The van der Waals surface area contributed by atoms with E-state index in [1.165, 1.54) is 6.07 Å². The number of hydrogen-bond acceptors (Lipinski definition) is 2. The van der Waals surface area contributed by atoms with Gasteiger partial charge in [0, 0.05) is 29.8 Å². The third-order valence-corrected chi connectivity index (χ3v) is 3.39. The molecule has 0 fully saturated rings. The summed E-state index contributed by atoms with van der Waals surface area (Å²) >= 11 is 3.12. The second-order valence-corrected chi connectivity index (χ2v) is 5.11. The van der Waals surface area contributed by atoms with Gasteiger partial charge in [-0.3, -0.25) is 9.48 Å². The Hall–Kier alpha value is -1.83. The molecule has 1 amide bonds. The molecule has 0 saturated carbocycles. The summed E-state index contributed by atoms with van der Waals surface area (Å²) in [6.45, 7) is 0.357. The van der Waals surface area contributed by atoms with Crippen molar-refractivity contribution in [2.75, 3.05) is 5.32 Å². The average molecular weight is 362 g/mol. The van der Waals surface area contributed by atoms with E-state index in [2.05, 4.69) is 26.3 Å². The number of carbonyl (C=O) groups excluding carboxylic acids is 1. The maximum atomic E-state index is 12.6. The Morgan fingerprint density at radius 3 is 2.76 bits per heavy atom. The second-order valence-electron chi connectivity index (χ2n) is 4.26. The lowest BCUT2D eigenvalue weighted by Gasteiger charge is -2.11. The molecule has 2 aromatic rings. The van der Waals surface area contributed by atoms with Crippen molar-refractivity contribution in [3.63, 3.8) is 0 Å². The van der Waals surface area contributed by atoms with Crippen LogP contribution in [0.5, 0.6) is 0 Å². The zero-order valence-electron chi connectivity index (χ0n) is 10.7. The molecule has 1 aromatic carbocycles. The van der Waals surface area contributed by atoms with Crippen LogP contribution in [0.1, 0.15) is 12.0 Å². The predicted octanol–water partition coefficient (Wildman–Crippen LogP) is 3.69. The molecule has 0 bridgehead atoms. The van der Waals surface area contributed by atoms with Crippen molar-refractivity contribution >= 4 is 27.5 Å². The summed E-state index contributed by atoms with van der Waals surface area (Å²) in [4.78, 5) is 11.8. The molecule has 1 aromatic heterocycles. The van der Waals surface area contributed by atoms with Gasteiger partial charge in [-0.05, 0) is 40.2 Å². The number of nitrogens with zero attached hydrogens (tertiary/aromatic N) is 2. The molecule has 21 heavy (non-hydrogen) atoms. The van der Waals surface area contributed by atoms with Crippen LogP contribution in [0, 0.1) is 0 Å². The van der Waals surface area contributed by atoms with E-state index in [4.69, 9.17) is 0 Å². The number of aromatic nitrogens is 2. The molecule has 0 aliphatic heterocycles. The van der Waals surface area contributed by atoms with E-state index in [0.717, 1.165) is 12.1 Å². The molecule has 0 spiro atoms. The number of benzene rings is 1. The lowest BCUT2D eigenvalue weighted by atomic mass is 10.2. The molecular weight excluding hydrogens is 351 g/mol. The molecule has 0 saturated heterocycles. The Balaban J connectivity index is 2.03. The molecule has 0 unspecified atom stereocenters. The van der Waals surface area contributed by atoms with Crippen LogP contribution in [0.3, 0.4) is 0 Å². The summed E-state index contributed by atoms with van der Waals surface area (Å²) in [5.41, 5.74) is -0.719. The van der Waals surface area contributed by atoms with Crippen molar-refractivity contribution in [1.29, 1.82) is 0 Å². The fraction of sp³-hybridized carbons (Fsp3) is 0.231. The normalized spacial score (nSPS) is 11.4. The predicted molar refractivity (Wildman–Crippen MR) is 74.6 cm³/mol. The van der Waals surface area contributed by atoms with Crippen molar-refractivity contribution in [2.45, 2.75) is 19.1 Å². The number of amides is 1. The molecule has 0 atom stereocenters. The minimum absolute atomic E-state index is 0.0929. The van der Waals surface area contributed by atoms with Gasteiger partial charge >= 0.3 is 6.18 Å². The number of rotatable bonds is 4. The molecule has 4 nitrogen and oxygen atoms in total. The van der Waals surface area contributed by atoms with Crippen molar-refractivity contribution in [3.8, 4) is 0 Å². The first-order valence-electron chi connectivity index (χ1n) is 6.00. The lowest BCUT2D eigenvalue weighted by molar-refractivity contribution is -0.137. The Morgan fingerprint density at radius 2 is 2.14 bits per heavy atom. The van der Waals surface area contributed by atoms with Crippen LogP contribution in [-0.2, 0) is 17.5 Å². The summed E-state index contributed by atoms with van der Waals surface area (Å²) in [6.07, 6.45) is -1.05. The smallest absolute Gasteiger partial charge is 0.325 e. The van der Waals surface area contributed by atoms with E-state index in [1.807, 2.05) is 0 Å². The maximum absolute atomic E-state index is 12.6. The van der Waals surface area contributed by atoms with E-state index in [9.17, 15) is 18.0 Å². The summed E-state index contributed by atoms with van der Waals surface area (Å²) in [6, 6.07) is 4.83. The quantitative estimate of drug-likeness (QED) is 0.902. The number of nitrogens with one attached hydrogen (secondary N) is 1. The number of alkyl halides is 3. The highest BCUT2D eigenvalue weighted by Gasteiger charge is 2.31. The van der Waals surface area contributed by atoms with Gasteiger partial charge in [-0.1, -0.05) is 0 Å². The first-order chi connectivity index (χ1) is 9.86. The first-order valence-corrected chi connectivity index (χ1v) is 6.79. The van der Waals surface area contributed by atoms with Gasteiger partial charge < -0.3 is 5.32 Å². The Morgan fingerprint density at radius 1 is 1.38 bits per heavy atom. The molecule has 112 valence electrons. The number of aryl methyl sites for hydroxylation is 1. The molecule has 0 aliphatic rings. The molecule has 1 heterocycles. The van der Waals surface area contributed by atoms with Gasteiger partial charge in [0.15, 0.2) is 0 Å². The second kappa shape index (κ2) is 6.30. The standard InChI is InChI=1S/C13H11BrF3N3O/c14-10-3-2-9(13(15,16)17)8-11(10)19-12(21)4-7-20-6-1-5-18-20/h1-3,5-6,8H,4,7H2,(H,19,21). The third-order valence-electron chi connectivity index (χ3n) is 2.69. The van der Waals surface area contributed by atoms with Gasteiger partial charge in [0.25, 0.3) is 0 Å². The van der Waals surface area contributed by atoms with Gasteiger partial charge in [0.05, 0.1) is 11.3 Å². The van der Waals surface area contributed by atoms with Crippen molar-refractivity contribution in [3.05, 3.63) is 46.7 Å². The maximum Gasteiger partial charge on any atom is 0.416 e. The highest BCUT2D eigenvalue weighted by Crippen LogP contribution is 2.33. The Bertz CT molecular complexity index is 626. The van der Waals surface area contributed by atoms with Crippen LogP contribution < -0.4 is 5.32 Å². The zero-order chi connectivity index (χ0) is 15.5. The van der Waals surface area contributed by atoms with Gasteiger partial charge in [0.1, 0.15) is 0 Å². The minimum Gasteiger partial charge on any atom is -0.325 e. The SMILES string of the molecule is O=C(CCn1cccn1)Nc1cc(C(F)(F)F)ccc1Br. The summed E-state index contributed by atoms with van der Waals surface area (Å²) < 4.78 is 39.9. The van der Waals surface area contributed by atoms with E-state index < -0.39 is 11.7 Å². The van der Waals surface area contributed by atoms with Crippen LogP contribution >= 0.6 is 15.9 Å². The molecule has 8 heteroatoms. The van der Waals surface area contributed by atoms with Gasteiger partial charge in [-0.25, -0.2) is 0 Å². The van der Waals surface area contributed by atoms with Crippen molar-refractivity contribution in [2.24, 2.45) is 0 Å². The van der Waals surface area contributed by atoms with Crippen LogP contribution in [0.25, 0.3) is 0 Å². The zero-order valence-corrected chi connectivity index (χ0v) is 12.3. The molecule has 1 N–H and O–H groups in total. The van der Waals surface area contributed by atoms with E-state index in [-0.39, 0.29) is 18.0 Å². The van der Waals surface area contributed by atoms with Crippen molar-refractivity contribution < 1.29 is 18.0 Å². The molecule has 2 rings (SSSR count). The van der Waals surface area contributed by atoms with Crippen molar-refractivity contribution in [1.82, 2.24) is 9.78 Å². The van der Waals surface area contributed by atoms with Crippen LogP contribution in [0.15, 0.2) is 41.1 Å². The van der Waals surface area contributed by atoms with E-state index >= 15 is 0 Å². The van der Waals surface area contributed by atoms with Gasteiger partial charge in [-0.2, -0.15) is 18.3 Å². The summed E-state index contributed by atoms with van der Waals surface area (Å²) in [5.74, 6) is -0.384. The topological polar surface area (TPSA) is 46.9 Å². The molecule has 0 aliphatic carbocycles. The first kappa shape index (κ1) is 15.6.